The fourth-order valence-corrected chi connectivity index (χ4v) is 4.00. The van der Waals surface area contributed by atoms with E-state index in [4.69, 9.17) is 0 Å². The molecule has 0 spiro atoms. The van der Waals surface area contributed by atoms with Gasteiger partial charge in [-0.3, -0.25) is 4.79 Å². The molecular weight excluding hydrogens is 278 g/mol. The second-order valence-electron chi connectivity index (χ2n) is 5.61. The first kappa shape index (κ1) is 14.3. The molecule has 110 valence electrons. The van der Waals surface area contributed by atoms with Gasteiger partial charge in [0.25, 0.3) is 5.91 Å². The summed E-state index contributed by atoms with van der Waals surface area (Å²) < 4.78 is 0. The van der Waals surface area contributed by atoms with Gasteiger partial charge in [0.15, 0.2) is 0 Å². The summed E-state index contributed by atoms with van der Waals surface area (Å²) in [5, 5.41) is 3.05. The highest BCUT2D eigenvalue weighted by molar-refractivity contribution is 7.14. The summed E-state index contributed by atoms with van der Waals surface area (Å²) in [6.07, 6.45) is 6.84. The molecule has 21 heavy (non-hydrogen) atoms. The Bertz CT molecular complexity index is 579. The molecule has 2 nitrogen and oxygen atoms in total. The molecule has 0 aliphatic heterocycles. The van der Waals surface area contributed by atoms with Crippen LogP contribution in [0.3, 0.4) is 0 Å². The average molecular weight is 299 g/mol. The first-order valence-electron chi connectivity index (χ1n) is 7.76. The van der Waals surface area contributed by atoms with Gasteiger partial charge in [0.1, 0.15) is 0 Å². The lowest BCUT2D eigenvalue weighted by molar-refractivity contribution is 0.0957. The predicted octanol–water partition coefficient (Wildman–Crippen LogP) is 3.99. The quantitative estimate of drug-likeness (QED) is 0.831. The lowest BCUT2D eigenvalue weighted by Crippen LogP contribution is -2.23. The summed E-state index contributed by atoms with van der Waals surface area (Å²) in [5.41, 5.74) is 2.74. The van der Waals surface area contributed by atoms with Gasteiger partial charge >= 0.3 is 0 Å². The largest absolute Gasteiger partial charge is 0.351 e. The maximum Gasteiger partial charge on any atom is 0.261 e. The maximum atomic E-state index is 12.2. The number of aryl methyl sites for hydroxylation is 3. The van der Waals surface area contributed by atoms with Crippen LogP contribution in [0.25, 0.3) is 0 Å². The van der Waals surface area contributed by atoms with Gasteiger partial charge in [-0.05, 0) is 55.7 Å². The third-order valence-electron chi connectivity index (χ3n) is 3.99. The minimum Gasteiger partial charge on any atom is -0.351 e. The van der Waals surface area contributed by atoms with Crippen molar-refractivity contribution in [2.75, 3.05) is 6.54 Å². The second kappa shape index (κ2) is 6.90. The van der Waals surface area contributed by atoms with E-state index < -0.39 is 0 Å². The Kier molecular flexibility index (Phi) is 4.71. The zero-order chi connectivity index (χ0) is 14.5. The summed E-state index contributed by atoms with van der Waals surface area (Å²) >= 11 is 1.69. The van der Waals surface area contributed by atoms with E-state index in [2.05, 4.69) is 35.6 Å². The van der Waals surface area contributed by atoms with E-state index in [1.807, 2.05) is 6.07 Å². The van der Waals surface area contributed by atoms with Gasteiger partial charge in [0.05, 0.1) is 4.88 Å². The SMILES string of the molecule is O=C(NCCCc1ccccc1)c1cc2c(s1)CCCC2. The molecule has 0 saturated heterocycles. The summed E-state index contributed by atoms with van der Waals surface area (Å²) in [7, 11) is 0. The lowest BCUT2D eigenvalue weighted by atomic mass is 9.99. The standard InChI is InChI=1S/C18H21NOS/c20-18(17-13-15-10-4-5-11-16(15)21-17)19-12-6-9-14-7-2-1-3-8-14/h1-3,7-8,13H,4-6,9-12H2,(H,19,20). The van der Waals surface area contributed by atoms with E-state index in [1.54, 1.807) is 11.3 Å². The zero-order valence-corrected chi connectivity index (χ0v) is 13.0. The van der Waals surface area contributed by atoms with E-state index >= 15 is 0 Å². The molecule has 0 unspecified atom stereocenters. The van der Waals surface area contributed by atoms with Gasteiger partial charge in [-0.25, -0.2) is 0 Å². The van der Waals surface area contributed by atoms with Crippen molar-refractivity contribution in [1.29, 1.82) is 0 Å². The highest BCUT2D eigenvalue weighted by Crippen LogP contribution is 2.29. The molecule has 0 bridgehead atoms. The second-order valence-corrected chi connectivity index (χ2v) is 6.75. The monoisotopic (exact) mass is 299 g/mol. The zero-order valence-electron chi connectivity index (χ0n) is 12.2. The normalized spacial score (nSPS) is 13.7. The van der Waals surface area contributed by atoms with Crippen LogP contribution in [0.4, 0.5) is 0 Å². The van der Waals surface area contributed by atoms with Crippen LogP contribution < -0.4 is 5.32 Å². The minimum absolute atomic E-state index is 0.0995. The number of amides is 1. The highest BCUT2D eigenvalue weighted by Gasteiger charge is 2.16. The third-order valence-corrected chi connectivity index (χ3v) is 5.23. The molecule has 0 radical (unpaired) electrons. The van der Waals surface area contributed by atoms with Gasteiger partial charge < -0.3 is 5.32 Å². The minimum atomic E-state index is 0.0995. The molecule has 2 aromatic rings. The molecule has 1 heterocycles. The molecular formula is C18H21NOS. The van der Waals surface area contributed by atoms with Crippen molar-refractivity contribution in [1.82, 2.24) is 5.32 Å². The lowest BCUT2D eigenvalue weighted by Gasteiger charge is -2.08. The van der Waals surface area contributed by atoms with Crippen molar-refractivity contribution in [3.05, 3.63) is 57.3 Å². The maximum absolute atomic E-state index is 12.2. The summed E-state index contributed by atoms with van der Waals surface area (Å²) in [5.74, 6) is 0.0995. The third kappa shape index (κ3) is 3.73. The average Bonchev–Trinajstić information content (AvgIpc) is 2.96. The van der Waals surface area contributed by atoms with Crippen molar-refractivity contribution in [2.24, 2.45) is 0 Å². The Hall–Kier alpha value is -1.61. The molecule has 1 aliphatic rings. The number of fused-ring (bicyclic) bond motifs is 1. The number of benzene rings is 1. The molecule has 1 aromatic heterocycles. The van der Waals surface area contributed by atoms with E-state index in [0.29, 0.717) is 0 Å². The van der Waals surface area contributed by atoms with Gasteiger partial charge in [-0.1, -0.05) is 30.3 Å². The van der Waals surface area contributed by atoms with Crippen molar-refractivity contribution in [3.8, 4) is 0 Å². The first-order chi connectivity index (χ1) is 10.3. The van der Waals surface area contributed by atoms with Crippen LogP contribution in [0, 0.1) is 0 Å². The first-order valence-corrected chi connectivity index (χ1v) is 8.58. The number of hydrogen-bond acceptors (Lipinski definition) is 2. The molecule has 0 saturated carbocycles. The van der Waals surface area contributed by atoms with Gasteiger partial charge in [-0.15, -0.1) is 11.3 Å². The van der Waals surface area contributed by atoms with Gasteiger partial charge in [-0.2, -0.15) is 0 Å². The fourth-order valence-electron chi connectivity index (χ4n) is 2.83. The Morgan fingerprint density at radius 2 is 1.95 bits per heavy atom. The van der Waals surface area contributed by atoms with Crippen LogP contribution in [0.1, 0.15) is 44.9 Å². The van der Waals surface area contributed by atoms with Crippen LogP contribution in [-0.4, -0.2) is 12.5 Å². The van der Waals surface area contributed by atoms with Crippen molar-refractivity contribution in [3.63, 3.8) is 0 Å². The van der Waals surface area contributed by atoms with Crippen LogP contribution in [0.5, 0.6) is 0 Å². The van der Waals surface area contributed by atoms with Crippen molar-refractivity contribution < 1.29 is 4.79 Å². The Morgan fingerprint density at radius 1 is 1.14 bits per heavy atom. The van der Waals surface area contributed by atoms with Gasteiger partial charge in [0, 0.05) is 11.4 Å². The van der Waals surface area contributed by atoms with E-state index in [9.17, 15) is 4.79 Å². The topological polar surface area (TPSA) is 29.1 Å². The van der Waals surface area contributed by atoms with E-state index in [0.717, 1.165) is 37.1 Å². The molecule has 1 N–H and O–H groups in total. The number of rotatable bonds is 5. The smallest absolute Gasteiger partial charge is 0.261 e. The summed E-state index contributed by atoms with van der Waals surface area (Å²) in [6.45, 7) is 0.746. The predicted molar refractivity (Wildman–Crippen MR) is 88.1 cm³/mol. The van der Waals surface area contributed by atoms with Crippen molar-refractivity contribution >= 4 is 17.2 Å². The van der Waals surface area contributed by atoms with Crippen LogP contribution in [0.2, 0.25) is 0 Å². The Labute approximate surface area is 130 Å². The molecule has 1 amide bonds. The molecule has 3 heteroatoms. The molecule has 1 aliphatic carbocycles. The Morgan fingerprint density at radius 3 is 2.76 bits per heavy atom. The summed E-state index contributed by atoms with van der Waals surface area (Å²) in [6, 6.07) is 12.5. The van der Waals surface area contributed by atoms with E-state index in [-0.39, 0.29) is 5.91 Å². The molecule has 0 fully saturated rings. The molecule has 3 rings (SSSR count). The van der Waals surface area contributed by atoms with Crippen LogP contribution >= 0.6 is 11.3 Å². The van der Waals surface area contributed by atoms with Gasteiger partial charge in [0.2, 0.25) is 0 Å². The molecule has 1 aromatic carbocycles. The number of carbonyl (C=O) groups is 1. The fraction of sp³-hybridized carbons (Fsp3) is 0.389. The highest BCUT2D eigenvalue weighted by atomic mass is 32.1. The molecule has 0 atom stereocenters. The number of thiophene rings is 1. The number of hydrogen-bond donors (Lipinski definition) is 1. The number of nitrogens with one attached hydrogen (secondary N) is 1. The van der Waals surface area contributed by atoms with Crippen LogP contribution in [0.15, 0.2) is 36.4 Å². The van der Waals surface area contributed by atoms with Crippen molar-refractivity contribution in [2.45, 2.75) is 38.5 Å². The Balaban J connectivity index is 1.47. The van der Waals surface area contributed by atoms with Crippen LogP contribution in [-0.2, 0) is 19.3 Å². The van der Waals surface area contributed by atoms with E-state index in [1.165, 1.54) is 28.8 Å². The number of carbonyl (C=O) groups excluding carboxylic acids is 1. The summed E-state index contributed by atoms with van der Waals surface area (Å²) in [4.78, 5) is 14.5.